The van der Waals surface area contributed by atoms with Crippen molar-refractivity contribution in [3.05, 3.63) is 35.4 Å². The molecular weight excluding hydrogens is 268 g/mol. The molecule has 5 heteroatoms. The predicted octanol–water partition coefficient (Wildman–Crippen LogP) is 1.21. The smallest absolute Gasteiger partial charge is 0.251 e. The van der Waals surface area contributed by atoms with Gasteiger partial charge in [-0.2, -0.15) is 0 Å². The van der Waals surface area contributed by atoms with Crippen LogP contribution in [-0.2, 0) is 11.3 Å². The summed E-state index contributed by atoms with van der Waals surface area (Å²) in [5, 5.41) is 15.0. The Morgan fingerprint density at radius 2 is 1.95 bits per heavy atom. The summed E-state index contributed by atoms with van der Waals surface area (Å²) in [6.45, 7) is 2.06. The van der Waals surface area contributed by atoms with Crippen LogP contribution in [0.2, 0.25) is 0 Å². The number of hydrogen-bond donors (Lipinski definition) is 3. The number of amides is 2. The highest BCUT2D eigenvalue weighted by molar-refractivity contribution is 5.94. The average Bonchev–Trinajstić information content (AvgIpc) is 2.92. The van der Waals surface area contributed by atoms with Crippen molar-refractivity contribution in [1.29, 1.82) is 0 Å². The maximum absolute atomic E-state index is 12.2. The molecule has 5 nitrogen and oxygen atoms in total. The molecule has 0 bridgehead atoms. The maximum Gasteiger partial charge on any atom is 0.251 e. The third-order valence-electron chi connectivity index (χ3n) is 3.97. The van der Waals surface area contributed by atoms with E-state index in [0.29, 0.717) is 12.1 Å². The Labute approximate surface area is 124 Å². The Morgan fingerprint density at radius 3 is 2.57 bits per heavy atom. The number of benzene rings is 1. The topological polar surface area (TPSA) is 78.4 Å². The van der Waals surface area contributed by atoms with Gasteiger partial charge in [0, 0.05) is 37.6 Å². The molecular formula is C16H22N2O3. The summed E-state index contributed by atoms with van der Waals surface area (Å²) in [4.78, 5) is 23.0. The van der Waals surface area contributed by atoms with Gasteiger partial charge in [-0.3, -0.25) is 9.59 Å². The summed E-state index contributed by atoms with van der Waals surface area (Å²) in [7, 11) is 0. The highest BCUT2D eigenvalue weighted by atomic mass is 16.3. The van der Waals surface area contributed by atoms with Gasteiger partial charge in [0.15, 0.2) is 0 Å². The monoisotopic (exact) mass is 290 g/mol. The molecule has 1 fully saturated rings. The van der Waals surface area contributed by atoms with E-state index < -0.39 is 0 Å². The largest absolute Gasteiger partial charge is 0.396 e. The van der Waals surface area contributed by atoms with Gasteiger partial charge in [0.25, 0.3) is 5.91 Å². The number of nitrogens with one attached hydrogen (secondary N) is 2. The first kappa shape index (κ1) is 15.5. The summed E-state index contributed by atoms with van der Waals surface area (Å²) >= 11 is 0. The SMILES string of the molecule is CC(=O)NCc1ccc(C(=O)NC2CCCC2CO)cc1. The lowest BCUT2D eigenvalue weighted by Gasteiger charge is -2.19. The van der Waals surface area contributed by atoms with E-state index in [9.17, 15) is 14.7 Å². The molecule has 1 aromatic carbocycles. The van der Waals surface area contributed by atoms with Gasteiger partial charge in [0.05, 0.1) is 0 Å². The van der Waals surface area contributed by atoms with Crippen LogP contribution in [-0.4, -0.2) is 29.6 Å². The minimum atomic E-state index is -0.105. The number of carbonyl (C=O) groups is 2. The predicted molar refractivity (Wildman–Crippen MR) is 79.6 cm³/mol. The number of hydrogen-bond acceptors (Lipinski definition) is 3. The Hall–Kier alpha value is -1.88. The Balaban J connectivity index is 1.92. The fourth-order valence-corrected chi connectivity index (χ4v) is 2.70. The second-order valence-electron chi connectivity index (χ2n) is 5.56. The molecule has 2 unspecified atom stereocenters. The molecule has 0 saturated heterocycles. The standard InChI is InChI=1S/C16H22N2O3/c1-11(20)17-9-12-5-7-13(8-6-12)16(21)18-15-4-2-3-14(15)10-19/h5-8,14-15,19H,2-4,9-10H2,1H3,(H,17,20)(H,18,21). The van der Waals surface area contributed by atoms with Gasteiger partial charge in [-0.25, -0.2) is 0 Å². The minimum absolute atomic E-state index is 0.0709. The van der Waals surface area contributed by atoms with Crippen molar-refractivity contribution in [2.45, 2.75) is 38.8 Å². The molecule has 1 aromatic rings. The molecule has 3 N–H and O–H groups in total. The van der Waals surface area contributed by atoms with E-state index in [1.807, 2.05) is 12.1 Å². The van der Waals surface area contributed by atoms with Crippen LogP contribution in [0.15, 0.2) is 24.3 Å². The van der Waals surface area contributed by atoms with Gasteiger partial charge in [-0.05, 0) is 30.5 Å². The highest BCUT2D eigenvalue weighted by Gasteiger charge is 2.27. The maximum atomic E-state index is 12.2. The second kappa shape index (κ2) is 7.22. The van der Waals surface area contributed by atoms with Crippen LogP contribution in [0.25, 0.3) is 0 Å². The lowest BCUT2D eigenvalue weighted by atomic mass is 10.0. The van der Waals surface area contributed by atoms with Gasteiger partial charge < -0.3 is 15.7 Å². The molecule has 21 heavy (non-hydrogen) atoms. The lowest BCUT2D eigenvalue weighted by Crippen LogP contribution is -2.38. The molecule has 114 valence electrons. The van der Waals surface area contributed by atoms with E-state index in [4.69, 9.17) is 0 Å². The van der Waals surface area contributed by atoms with Crippen molar-refractivity contribution < 1.29 is 14.7 Å². The highest BCUT2D eigenvalue weighted by Crippen LogP contribution is 2.25. The van der Waals surface area contributed by atoms with Crippen LogP contribution in [0.3, 0.4) is 0 Å². The fraction of sp³-hybridized carbons (Fsp3) is 0.500. The van der Waals surface area contributed by atoms with Gasteiger partial charge in [-0.1, -0.05) is 18.6 Å². The molecule has 0 radical (unpaired) electrons. The van der Waals surface area contributed by atoms with Gasteiger partial charge in [-0.15, -0.1) is 0 Å². The van der Waals surface area contributed by atoms with E-state index in [2.05, 4.69) is 10.6 Å². The van der Waals surface area contributed by atoms with E-state index in [0.717, 1.165) is 24.8 Å². The van der Waals surface area contributed by atoms with Crippen molar-refractivity contribution >= 4 is 11.8 Å². The molecule has 0 aromatic heterocycles. The summed E-state index contributed by atoms with van der Waals surface area (Å²) in [5.74, 6) is -0.00693. The number of aliphatic hydroxyl groups excluding tert-OH is 1. The quantitative estimate of drug-likeness (QED) is 0.763. The number of carbonyl (C=O) groups excluding carboxylic acids is 2. The Morgan fingerprint density at radius 1 is 1.24 bits per heavy atom. The van der Waals surface area contributed by atoms with E-state index >= 15 is 0 Å². The van der Waals surface area contributed by atoms with Crippen molar-refractivity contribution in [1.82, 2.24) is 10.6 Å². The molecule has 1 saturated carbocycles. The molecule has 2 rings (SSSR count). The lowest BCUT2D eigenvalue weighted by molar-refractivity contribution is -0.119. The van der Waals surface area contributed by atoms with Gasteiger partial charge in [0.2, 0.25) is 5.91 Å². The van der Waals surface area contributed by atoms with Crippen molar-refractivity contribution in [2.75, 3.05) is 6.61 Å². The minimum Gasteiger partial charge on any atom is -0.396 e. The molecule has 0 heterocycles. The second-order valence-corrected chi connectivity index (χ2v) is 5.56. The molecule has 2 atom stereocenters. The molecule has 1 aliphatic carbocycles. The van der Waals surface area contributed by atoms with Gasteiger partial charge >= 0.3 is 0 Å². The molecule has 1 aliphatic rings. The van der Waals surface area contributed by atoms with Crippen LogP contribution in [0, 0.1) is 5.92 Å². The first-order valence-corrected chi connectivity index (χ1v) is 7.35. The van der Waals surface area contributed by atoms with Crippen LogP contribution in [0.4, 0.5) is 0 Å². The van der Waals surface area contributed by atoms with Crippen molar-refractivity contribution in [3.8, 4) is 0 Å². The average molecular weight is 290 g/mol. The molecule has 2 amide bonds. The summed E-state index contributed by atoms with van der Waals surface area (Å²) in [5.41, 5.74) is 1.56. The zero-order valence-electron chi connectivity index (χ0n) is 12.3. The zero-order valence-corrected chi connectivity index (χ0v) is 12.3. The van der Waals surface area contributed by atoms with Gasteiger partial charge in [0.1, 0.15) is 0 Å². The summed E-state index contributed by atoms with van der Waals surface area (Å²) in [6.07, 6.45) is 2.94. The summed E-state index contributed by atoms with van der Waals surface area (Å²) in [6, 6.07) is 7.26. The first-order valence-electron chi connectivity index (χ1n) is 7.35. The molecule has 0 aliphatic heterocycles. The fourth-order valence-electron chi connectivity index (χ4n) is 2.70. The van der Waals surface area contributed by atoms with E-state index in [-0.39, 0.29) is 30.4 Å². The van der Waals surface area contributed by atoms with Crippen LogP contribution >= 0.6 is 0 Å². The third kappa shape index (κ3) is 4.29. The Kier molecular flexibility index (Phi) is 5.33. The number of rotatable bonds is 5. The van der Waals surface area contributed by atoms with E-state index in [1.165, 1.54) is 6.92 Å². The van der Waals surface area contributed by atoms with Crippen LogP contribution < -0.4 is 10.6 Å². The first-order chi connectivity index (χ1) is 10.1. The summed E-state index contributed by atoms with van der Waals surface area (Å²) < 4.78 is 0. The van der Waals surface area contributed by atoms with E-state index in [1.54, 1.807) is 12.1 Å². The normalized spacial score (nSPS) is 21.0. The van der Waals surface area contributed by atoms with Crippen molar-refractivity contribution in [2.24, 2.45) is 5.92 Å². The third-order valence-corrected chi connectivity index (χ3v) is 3.97. The Bertz CT molecular complexity index is 499. The zero-order chi connectivity index (χ0) is 15.2. The van der Waals surface area contributed by atoms with Crippen molar-refractivity contribution in [3.63, 3.8) is 0 Å². The van der Waals surface area contributed by atoms with Crippen LogP contribution in [0.5, 0.6) is 0 Å². The number of aliphatic hydroxyl groups is 1. The van der Waals surface area contributed by atoms with Crippen LogP contribution in [0.1, 0.15) is 42.1 Å². The molecule has 0 spiro atoms.